The molecule has 5 nitrogen and oxygen atoms in total. The normalized spacial score (nSPS) is 26.3. The van der Waals surface area contributed by atoms with Gasteiger partial charge >= 0.3 is 0 Å². The molecule has 3 aliphatic rings. The van der Waals surface area contributed by atoms with E-state index in [0.717, 1.165) is 35.4 Å². The fourth-order valence-electron chi connectivity index (χ4n) is 4.11. The van der Waals surface area contributed by atoms with Gasteiger partial charge in [-0.25, -0.2) is 0 Å². The summed E-state index contributed by atoms with van der Waals surface area (Å²) in [6.07, 6.45) is 3.46. The van der Waals surface area contributed by atoms with E-state index >= 15 is 0 Å². The molecule has 1 aromatic carbocycles. The lowest BCUT2D eigenvalue weighted by Gasteiger charge is -2.32. The third-order valence-electron chi connectivity index (χ3n) is 5.44. The van der Waals surface area contributed by atoms with Gasteiger partial charge in [-0.15, -0.1) is 0 Å². The largest absolute Gasteiger partial charge is 0.336 e. The van der Waals surface area contributed by atoms with E-state index in [9.17, 15) is 9.59 Å². The molecule has 2 amide bonds. The topological polar surface area (TPSA) is 52.7 Å². The Morgan fingerprint density at radius 3 is 3.00 bits per heavy atom. The molecule has 3 aliphatic heterocycles. The minimum Gasteiger partial charge on any atom is -0.336 e. The van der Waals surface area contributed by atoms with Crippen molar-refractivity contribution in [3.05, 3.63) is 34.3 Å². The molecule has 1 N–H and O–H groups in total. The number of hydrogen-bond acceptors (Lipinski definition) is 3. The highest BCUT2D eigenvalue weighted by atomic mass is 35.5. The van der Waals surface area contributed by atoms with Crippen LogP contribution >= 0.6 is 11.6 Å². The van der Waals surface area contributed by atoms with Gasteiger partial charge in [-0.3, -0.25) is 9.59 Å². The number of likely N-dealkylation sites (tertiary alicyclic amines) is 1. The molecule has 1 aromatic rings. The van der Waals surface area contributed by atoms with Crippen LogP contribution < -0.4 is 5.32 Å². The molecule has 0 aromatic heterocycles. The zero-order valence-corrected chi connectivity index (χ0v) is 14.4. The lowest BCUT2D eigenvalue weighted by Crippen LogP contribution is -2.46. The van der Waals surface area contributed by atoms with Crippen molar-refractivity contribution in [2.75, 3.05) is 19.6 Å². The van der Waals surface area contributed by atoms with Gasteiger partial charge in [0.25, 0.3) is 0 Å². The van der Waals surface area contributed by atoms with Crippen molar-refractivity contribution in [2.24, 2.45) is 0 Å². The Kier molecular flexibility index (Phi) is 4.22. The van der Waals surface area contributed by atoms with E-state index in [1.54, 1.807) is 4.90 Å². The average Bonchev–Trinajstić information content (AvgIpc) is 2.94. The molecule has 0 saturated carbocycles. The van der Waals surface area contributed by atoms with Gasteiger partial charge in [0.15, 0.2) is 0 Å². The van der Waals surface area contributed by atoms with Crippen LogP contribution in [0.3, 0.4) is 0 Å². The summed E-state index contributed by atoms with van der Waals surface area (Å²) in [5.41, 5.74) is 2.26. The Morgan fingerprint density at radius 2 is 2.12 bits per heavy atom. The van der Waals surface area contributed by atoms with Crippen molar-refractivity contribution in [1.29, 1.82) is 0 Å². The Bertz CT molecular complexity index is 678. The lowest BCUT2D eigenvalue weighted by molar-refractivity contribution is -0.141. The number of halogens is 1. The fourth-order valence-corrected chi connectivity index (χ4v) is 4.40. The molecule has 2 atom stereocenters. The third kappa shape index (κ3) is 3.03. The summed E-state index contributed by atoms with van der Waals surface area (Å²) in [5.74, 6) is 0.134. The summed E-state index contributed by atoms with van der Waals surface area (Å²) in [6, 6.07) is 6.49. The van der Waals surface area contributed by atoms with Gasteiger partial charge in [-0.2, -0.15) is 0 Å². The van der Waals surface area contributed by atoms with Crippen LogP contribution in [0, 0.1) is 0 Å². The maximum Gasteiger partial charge on any atom is 0.242 e. The smallest absolute Gasteiger partial charge is 0.242 e. The molecule has 0 aliphatic carbocycles. The minimum atomic E-state index is 0.0340. The Hall–Kier alpha value is -1.59. The molecule has 0 radical (unpaired) electrons. The molecular weight excluding hydrogens is 326 g/mol. The molecule has 2 bridgehead atoms. The molecule has 2 fully saturated rings. The lowest BCUT2D eigenvalue weighted by atomic mass is 9.99. The first-order chi connectivity index (χ1) is 11.6. The number of carbonyl (C=O) groups is 2. The SMILES string of the molecule is O=C(CN1C[C@H]2CC[C@@H](CC1=O)N2)N1CCc2c(Cl)cccc2C1. The van der Waals surface area contributed by atoms with Crippen LogP contribution in [-0.2, 0) is 22.6 Å². The van der Waals surface area contributed by atoms with Gasteiger partial charge in [-0.1, -0.05) is 23.7 Å². The maximum atomic E-state index is 12.7. The second-order valence-electron chi connectivity index (χ2n) is 7.06. The first-order valence-electron chi connectivity index (χ1n) is 8.68. The van der Waals surface area contributed by atoms with E-state index in [0.29, 0.717) is 38.1 Å². The van der Waals surface area contributed by atoms with Crippen LogP contribution in [0.2, 0.25) is 5.02 Å². The molecule has 0 unspecified atom stereocenters. The van der Waals surface area contributed by atoms with Crippen LogP contribution in [0.25, 0.3) is 0 Å². The Labute approximate surface area is 146 Å². The van der Waals surface area contributed by atoms with Crippen LogP contribution in [0.15, 0.2) is 18.2 Å². The van der Waals surface area contributed by atoms with Crippen LogP contribution in [-0.4, -0.2) is 53.3 Å². The predicted molar refractivity (Wildman–Crippen MR) is 91.7 cm³/mol. The van der Waals surface area contributed by atoms with E-state index in [4.69, 9.17) is 11.6 Å². The zero-order valence-electron chi connectivity index (χ0n) is 13.6. The van der Waals surface area contributed by atoms with Crippen molar-refractivity contribution in [1.82, 2.24) is 15.1 Å². The summed E-state index contributed by atoms with van der Waals surface area (Å²) in [6.45, 7) is 2.10. The highest BCUT2D eigenvalue weighted by Gasteiger charge is 2.35. The number of amides is 2. The van der Waals surface area contributed by atoms with Crippen LogP contribution in [0.1, 0.15) is 30.4 Å². The number of hydrogen-bond donors (Lipinski definition) is 1. The summed E-state index contributed by atoms with van der Waals surface area (Å²) < 4.78 is 0. The molecular formula is C18H22ClN3O2. The molecule has 2 saturated heterocycles. The van der Waals surface area contributed by atoms with Crippen LogP contribution in [0.4, 0.5) is 0 Å². The number of nitrogens with zero attached hydrogens (tertiary/aromatic N) is 2. The van der Waals surface area contributed by atoms with Gasteiger partial charge in [0, 0.05) is 43.2 Å². The predicted octanol–water partition coefficient (Wildman–Crippen LogP) is 1.58. The quantitative estimate of drug-likeness (QED) is 0.883. The number of benzene rings is 1. The fraction of sp³-hybridized carbons (Fsp3) is 0.556. The second kappa shape index (κ2) is 6.37. The maximum absolute atomic E-state index is 12.7. The van der Waals surface area contributed by atoms with E-state index in [2.05, 4.69) is 5.32 Å². The standard InChI is InChI=1S/C18H22ClN3O2/c19-16-3-1-2-12-9-21(7-6-15(12)16)18(24)11-22-10-14-5-4-13(20-14)8-17(22)23/h1-3,13-14,20H,4-11H2/t13-,14+/m0/s1. The molecule has 6 heteroatoms. The number of rotatable bonds is 2. The second-order valence-corrected chi connectivity index (χ2v) is 7.47. The van der Waals surface area contributed by atoms with Crippen molar-refractivity contribution in [3.63, 3.8) is 0 Å². The molecule has 128 valence electrons. The molecule has 4 rings (SSSR count). The number of fused-ring (bicyclic) bond motifs is 3. The Balaban J connectivity index is 1.42. The van der Waals surface area contributed by atoms with Gasteiger partial charge in [-0.05, 0) is 36.5 Å². The zero-order chi connectivity index (χ0) is 16.7. The van der Waals surface area contributed by atoms with Crippen molar-refractivity contribution in [3.8, 4) is 0 Å². The van der Waals surface area contributed by atoms with E-state index < -0.39 is 0 Å². The van der Waals surface area contributed by atoms with Gasteiger partial charge in [0.05, 0.1) is 6.54 Å². The summed E-state index contributed by atoms with van der Waals surface area (Å²) in [4.78, 5) is 28.7. The van der Waals surface area contributed by atoms with Crippen molar-refractivity contribution < 1.29 is 9.59 Å². The number of nitrogens with one attached hydrogen (secondary N) is 1. The molecule has 0 spiro atoms. The summed E-state index contributed by atoms with van der Waals surface area (Å²) in [5, 5.41) is 4.26. The monoisotopic (exact) mass is 347 g/mol. The van der Waals surface area contributed by atoms with Gasteiger partial charge < -0.3 is 15.1 Å². The van der Waals surface area contributed by atoms with Crippen LogP contribution in [0.5, 0.6) is 0 Å². The van der Waals surface area contributed by atoms with Crippen molar-refractivity contribution in [2.45, 2.75) is 44.3 Å². The summed E-state index contributed by atoms with van der Waals surface area (Å²) in [7, 11) is 0. The van der Waals surface area contributed by atoms with Gasteiger partial charge in [0.1, 0.15) is 0 Å². The third-order valence-corrected chi connectivity index (χ3v) is 5.79. The molecule has 24 heavy (non-hydrogen) atoms. The van der Waals surface area contributed by atoms with E-state index in [-0.39, 0.29) is 18.4 Å². The highest BCUT2D eigenvalue weighted by Crippen LogP contribution is 2.26. The first kappa shape index (κ1) is 15.9. The van der Waals surface area contributed by atoms with Crippen molar-refractivity contribution >= 4 is 23.4 Å². The average molecular weight is 348 g/mol. The first-order valence-corrected chi connectivity index (χ1v) is 9.06. The molecule has 3 heterocycles. The van der Waals surface area contributed by atoms with E-state index in [1.807, 2.05) is 23.1 Å². The Morgan fingerprint density at radius 1 is 1.29 bits per heavy atom. The number of carbonyl (C=O) groups excluding carboxylic acids is 2. The minimum absolute atomic E-state index is 0.0340. The van der Waals surface area contributed by atoms with E-state index in [1.165, 1.54) is 0 Å². The van der Waals surface area contributed by atoms with Gasteiger partial charge in [0.2, 0.25) is 11.8 Å². The highest BCUT2D eigenvalue weighted by molar-refractivity contribution is 6.31. The summed E-state index contributed by atoms with van der Waals surface area (Å²) >= 11 is 6.24.